The summed E-state index contributed by atoms with van der Waals surface area (Å²) in [5.41, 5.74) is 6.23. The number of hydrogen-bond acceptors (Lipinski definition) is 5. The number of carbonyl (C=O) groups is 2. The summed E-state index contributed by atoms with van der Waals surface area (Å²) in [6.07, 6.45) is 1.42. The molecule has 1 heterocycles. The molecule has 24 heavy (non-hydrogen) atoms. The normalized spacial score (nSPS) is 18.2. The molecular formula is C17H25N3O4. The van der Waals surface area contributed by atoms with E-state index < -0.39 is 6.10 Å². The number of anilines is 1. The summed E-state index contributed by atoms with van der Waals surface area (Å²) in [6, 6.07) is 6.83. The number of benzene rings is 1. The number of nitrogens with two attached hydrogens (primary N) is 1. The van der Waals surface area contributed by atoms with Gasteiger partial charge in [-0.2, -0.15) is 0 Å². The van der Waals surface area contributed by atoms with E-state index in [1.54, 1.807) is 31.2 Å². The highest BCUT2D eigenvalue weighted by Gasteiger charge is 2.21. The van der Waals surface area contributed by atoms with Crippen molar-refractivity contribution in [2.45, 2.75) is 32.0 Å². The van der Waals surface area contributed by atoms with E-state index >= 15 is 0 Å². The first-order valence-electron chi connectivity index (χ1n) is 8.23. The van der Waals surface area contributed by atoms with Gasteiger partial charge in [-0.15, -0.1) is 0 Å². The van der Waals surface area contributed by atoms with Crippen molar-refractivity contribution in [3.8, 4) is 0 Å². The minimum Gasteiger partial charge on any atom is -0.376 e. The van der Waals surface area contributed by atoms with Gasteiger partial charge < -0.3 is 25.8 Å². The van der Waals surface area contributed by atoms with Crippen molar-refractivity contribution in [3.63, 3.8) is 0 Å². The van der Waals surface area contributed by atoms with Crippen LogP contribution in [0.4, 0.5) is 5.69 Å². The number of hydrogen-bond donors (Lipinski definition) is 3. The first-order valence-corrected chi connectivity index (χ1v) is 8.23. The third-order valence-corrected chi connectivity index (χ3v) is 3.78. The van der Waals surface area contributed by atoms with Gasteiger partial charge in [-0.3, -0.25) is 9.59 Å². The van der Waals surface area contributed by atoms with Crippen LogP contribution in [0.15, 0.2) is 24.3 Å². The van der Waals surface area contributed by atoms with Gasteiger partial charge in [0.25, 0.3) is 11.8 Å². The Kier molecular flexibility index (Phi) is 7.17. The lowest BCUT2D eigenvalue weighted by Gasteiger charge is -2.17. The third kappa shape index (κ3) is 5.30. The minimum atomic E-state index is -0.630. The monoisotopic (exact) mass is 335 g/mol. The number of nitrogens with one attached hydrogen (secondary N) is 2. The molecule has 0 radical (unpaired) electrons. The summed E-state index contributed by atoms with van der Waals surface area (Å²) in [5.74, 6) is -0.573. The van der Waals surface area contributed by atoms with Crippen LogP contribution in [0.1, 0.15) is 30.1 Å². The Morgan fingerprint density at radius 1 is 1.42 bits per heavy atom. The van der Waals surface area contributed by atoms with Crippen molar-refractivity contribution >= 4 is 17.5 Å². The SMILES string of the molecule is CC(OCC1CCCO1)C(=O)Nc1ccccc1C(=O)NCCN. The molecule has 1 fully saturated rings. The summed E-state index contributed by atoms with van der Waals surface area (Å²) in [6.45, 7) is 3.56. The number of amides is 2. The van der Waals surface area contributed by atoms with E-state index in [9.17, 15) is 9.59 Å². The van der Waals surface area contributed by atoms with Crippen LogP contribution in [0.5, 0.6) is 0 Å². The summed E-state index contributed by atoms with van der Waals surface area (Å²) in [7, 11) is 0. The summed E-state index contributed by atoms with van der Waals surface area (Å²) in [4.78, 5) is 24.4. The van der Waals surface area contributed by atoms with E-state index in [2.05, 4.69) is 10.6 Å². The predicted molar refractivity (Wildman–Crippen MR) is 90.8 cm³/mol. The summed E-state index contributed by atoms with van der Waals surface area (Å²) < 4.78 is 11.0. The highest BCUT2D eigenvalue weighted by molar-refractivity contribution is 6.04. The molecule has 7 nitrogen and oxygen atoms in total. The molecular weight excluding hydrogens is 310 g/mol. The van der Waals surface area contributed by atoms with Crippen molar-refractivity contribution in [1.29, 1.82) is 0 Å². The molecule has 7 heteroatoms. The fraction of sp³-hybridized carbons (Fsp3) is 0.529. The highest BCUT2D eigenvalue weighted by Crippen LogP contribution is 2.16. The maximum atomic E-state index is 12.3. The number of rotatable bonds is 8. The van der Waals surface area contributed by atoms with E-state index in [1.807, 2.05) is 0 Å². The topological polar surface area (TPSA) is 103 Å². The Morgan fingerprint density at radius 2 is 2.21 bits per heavy atom. The van der Waals surface area contributed by atoms with Gasteiger partial charge in [0.05, 0.1) is 24.0 Å². The van der Waals surface area contributed by atoms with E-state index in [0.29, 0.717) is 30.9 Å². The van der Waals surface area contributed by atoms with Crippen LogP contribution in [-0.4, -0.2) is 50.3 Å². The molecule has 0 aliphatic carbocycles. The van der Waals surface area contributed by atoms with Gasteiger partial charge in [0.2, 0.25) is 0 Å². The van der Waals surface area contributed by atoms with Crippen LogP contribution in [0.3, 0.4) is 0 Å². The summed E-state index contributed by atoms with van der Waals surface area (Å²) in [5, 5.41) is 5.44. The van der Waals surface area contributed by atoms with Crippen LogP contribution in [0.2, 0.25) is 0 Å². The molecule has 1 aromatic carbocycles. The molecule has 0 saturated carbocycles. The first kappa shape index (κ1) is 18.4. The fourth-order valence-electron chi connectivity index (χ4n) is 2.41. The van der Waals surface area contributed by atoms with Crippen LogP contribution >= 0.6 is 0 Å². The van der Waals surface area contributed by atoms with Crippen molar-refractivity contribution in [1.82, 2.24) is 5.32 Å². The van der Waals surface area contributed by atoms with E-state index in [0.717, 1.165) is 19.4 Å². The quantitative estimate of drug-likeness (QED) is 0.655. The largest absolute Gasteiger partial charge is 0.376 e. The minimum absolute atomic E-state index is 0.0644. The fourth-order valence-corrected chi connectivity index (χ4v) is 2.41. The molecule has 0 spiro atoms. The molecule has 132 valence electrons. The molecule has 1 aliphatic heterocycles. The second kappa shape index (κ2) is 9.36. The van der Waals surface area contributed by atoms with Gasteiger partial charge in [0.1, 0.15) is 6.10 Å². The molecule has 0 aromatic heterocycles. The molecule has 2 unspecified atom stereocenters. The second-order valence-electron chi connectivity index (χ2n) is 5.69. The van der Waals surface area contributed by atoms with Gasteiger partial charge in [-0.1, -0.05) is 12.1 Å². The number of carbonyl (C=O) groups excluding carboxylic acids is 2. The molecule has 1 aliphatic rings. The van der Waals surface area contributed by atoms with Crippen molar-refractivity contribution < 1.29 is 19.1 Å². The Bertz CT molecular complexity index is 559. The first-order chi connectivity index (χ1) is 11.6. The van der Waals surface area contributed by atoms with Gasteiger partial charge >= 0.3 is 0 Å². The zero-order valence-electron chi connectivity index (χ0n) is 13.9. The Hall–Kier alpha value is -1.96. The van der Waals surface area contributed by atoms with E-state index in [-0.39, 0.29) is 17.9 Å². The lowest BCUT2D eigenvalue weighted by atomic mass is 10.1. The van der Waals surface area contributed by atoms with Gasteiger partial charge in [-0.25, -0.2) is 0 Å². The highest BCUT2D eigenvalue weighted by atomic mass is 16.5. The van der Waals surface area contributed by atoms with Crippen molar-refractivity contribution in [2.24, 2.45) is 5.73 Å². The number of ether oxygens (including phenoxy) is 2. The standard InChI is InChI=1S/C17H25N3O4/c1-12(24-11-13-5-4-10-23-13)16(21)20-15-7-3-2-6-14(15)17(22)19-9-8-18/h2-3,6-7,12-13H,4-5,8-11,18H2,1H3,(H,19,22)(H,20,21). The van der Waals surface area contributed by atoms with Crippen LogP contribution in [0.25, 0.3) is 0 Å². The zero-order chi connectivity index (χ0) is 17.4. The molecule has 1 saturated heterocycles. The molecule has 0 bridgehead atoms. The molecule has 2 amide bonds. The Labute approximate surface area is 141 Å². The Balaban J connectivity index is 1.91. The Morgan fingerprint density at radius 3 is 2.92 bits per heavy atom. The maximum Gasteiger partial charge on any atom is 0.253 e. The second-order valence-corrected chi connectivity index (χ2v) is 5.69. The third-order valence-electron chi connectivity index (χ3n) is 3.78. The van der Waals surface area contributed by atoms with Crippen LogP contribution in [-0.2, 0) is 14.3 Å². The molecule has 1 aromatic rings. The lowest BCUT2D eigenvalue weighted by molar-refractivity contribution is -0.128. The van der Waals surface area contributed by atoms with Crippen molar-refractivity contribution in [3.05, 3.63) is 29.8 Å². The lowest BCUT2D eigenvalue weighted by Crippen LogP contribution is -2.33. The molecule has 2 atom stereocenters. The van der Waals surface area contributed by atoms with E-state index in [4.69, 9.17) is 15.2 Å². The van der Waals surface area contributed by atoms with Crippen LogP contribution in [0, 0.1) is 0 Å². The zero-order valence-corrected chi connectivity index (χ0v) is 13.9. The van der Waals surface area contributed by atoms with Gasteiger partial charge in [0, 0.05) is 19.7 Å². The smallest absolute Gasteiger partial charge is 0.253 e. The average Bonchev–Trinajstić information content (AvgIpc) is 3.11. The van der Waals surface area contributed by atoms with Crippen LogP contribution < -0.4 is 16.4 Å². The maximum absolute atomic E-state index is 12.3. The number of para-hydroxylation sites is 1. The summed E-state index contributed by atoms with van der Waals surface area (Å²) >= 11 is 0. The average molecular weight is 335 g/mol. The van der Waals surface area contributed by atoms with E-state index in [1.165, 1.54) is 0 Å². The molecule has 2 rings (SSSR count). The van der Waals surface area contributed by atoms with Crippen molar-refractivity contribution in [2.75, 3.05) is 31.6 Å². The molecule has 4 N–H and O–H groups in total. The van der Waals surface area contributed by atoms with Gasteiger partial charge in [0.15, 0.2) is 0 Å². The van der Waals surface area contributed by atoms with Gasteiger partial charge in [-0.05, 0) is 31.9 Å². The predicted octanol–water partition coefficient (Wildman–Crippen LogP) is 0.898.